The second-order valence-electron chi connectivity index (χ2n) is 5.70. The molecule has 21 heavy (non-hydrogen) atoms. The lowest BCUT2D eigenvalue weighted by Gasteiger charge is -2.32. The number of morpholine rings is 1. The van der Waals surface area contributed by atoms with Crippen LogP contribution in [0.4, 0.5) is 11.8 Å². The number of aromatic nitrogens is 2. The van der Waals surface area contributed by atoms with Gasteiger partial charge in [-0.15, -0.1) is 0 Å². The number of rotatable bonds is 5. The summed E-state index contributed by atoms with van der Waals surface area (Å²) in [5.41, 5.74) is 0. The molecule has 1 aromatic rings. The molecule has 0 saturated carbocycles. The fraction of sp³-hybridized carbons (Fsp3) is 0.733. The molecule has 0 radical (unpaired) electrons. The van der Waals surface area contributed by atoms with Crippen molar-refractivity contribution >= 4 is 11.8 Å². The van der Waals surface area contributed by atoms with Gasteiger partial charge in [0.25, 0.3) is 0 Å². The van der Waals surface area contributed by atoms with Gasteiger partial charge in [-0.3, -0.25) is 4.90 Å². The fourth-order valence-corrected chi connectivity index (χ4v) is 3.04. The molecule has 1 aromatic heterocycles. The highest BCUT2D eigenvalue weighted by molar-refractivity contribution is 5.43. The summed E-state index contributed by atoms with van der Waals surface area (Å²) in [7, 11) is 0. The van der Waals surface area contributed by atoms with Crippen molar-refractivity contribution in [1.82, 2.24) is 14.9 Å². The van der Waals surface area contributed by atoms with Gasteiger partial charge < -0.3 is 15.0 Å². The van der Waals surface area contributed by atoms with Gasteiger partial charge in [0.2, 0.25) is 5.95 Å². The van der Waals surface area contributed by atoms with Crippen LogP contribution in [-0.4, -0.2) is 66.8 Å². The van der Waals surface area contributed by atoms with Crippen LogP contribution < -0.4 is 10.2 Å². The van der Waals surface area contributed by atoms with Gasteiger partial charge in [0.1, 0.15) is 5.82 Å². The van der Waals surface area contributed by atoms with Crippen LogP contribution in [0.25, 0.3) is 0 Å². The third kappa shape index (κ3) is 3.63. The minimum atomic E-state index is 0.635. The lowest BCUT2D eigenvalue weighted by Crippen LogP contribution is -2.44. The summed E-state index contributed by atoms with van der Waals surface area (Å²) >= 11 is 0. The molecule has 6 nitrogen and oxygen atoms in total. The van der Waals surface area contributed by atoms with Crippen molar-refractivity contribution in [2.75, 3.05) is 56.2 Å². The summed E-state index contributed by atoms with van der Waals surface area (Å²) in [4.78, 5) is 13.8. The maximum Gasteiger partial charge on any atom is 0.224 e. The van der Waals surface area contributed by atoms with E-state index in [0.29, 0.717) is 6.04 Å². The van der Waals surface area contributed by atoms with Gasteiger partial charge in [-0.05, 0) is 18.9 Å². The molecule has 3 rings (SSSR count). The summed E-state index contributed by atoms with van der Waals surface area (Å²) in [6.07, 6.45) is 4.14. The SMILES string of the molecule is CCCNc1nccc(N2CCC(N3CCOCC3)C2)n1. The largest absolute Gasteiger partial charge is 0.379 e. The first-order valence-corrected chi connectivity index (χ1v) is 8.00. The molecule has 2 saturated heterocycles. The summed E-state index contributed by atoms with van der Waals surface area (Å²) in [5.74, 6) is 1.78. The van der Waals surface area contributed by atoms with Crippen molar-refractivity contribution in [3.8, 4) is 0 Å². The lowest BCUT2D eigenvalue weighted by molar-refractivity contribution is 0.0209. The van der Waals surface area contributed by atoms with Crippen LogP contribution in [0.2, 0.25) is 0 Å². The fourth-order valence-electron chi connectivity index (χ4n) is 3.04. The predicted octanol–water partition coefficient (Wildman–Crippen LogP) is 1.21. The van der Waals surface area contributed by atoms with E-state index in [1.807, 2.05) is 12.3 Å². The monoisotopic (exact) mass is 291 g/mol. The van der Waals surface area contributed by atoms with Crippen LogP contribution in [0.15, 0.2) is 12.3 Å². The molecule has 1 N–H and O–H groups in total. The molecule has 3 heterocycles. The zero-order valence-electron chi connectivity index (χ0n) is 12.8. The maximum atomic E-state index is 5.44. The standard InChI is InChI=1S/C15H25N5O/c1-2-5-16-15-17-6-3-14(18-15)20-7-4-13(12-20)19-8-10-21-11-9-19/h3,6,13H,2,4-5,7-12H2,1H3,(H,16,17,18). The quantitative estimate of drug-likeness (QED) is 0.880. The molecule has 2 fully saturated rings. The zero-order valence-corrected chi connectivity index (χ0v) is 12.8. The average Bonchev–Trinajstić information content (AvgIpc) is 3.04. The number of nitrogens with one attached hydrogen (secondary N) is 1. The molecule has 0 amide bonds. The molecule has 1 atom stereocenters. The van der Waals surface area contributed by atoms with Crippen LogP contribution in [0.3, 0.4) is 0 Å². The Morgan fingerprint density at radius 3 is 3.00 bits per heavy atom. The first kappa shape index (κ1) is 14.5. The third-order valence-corrected chi connectivity index (χ3v) is 4.22. The Labute approximate surface area is 126 Å². The summed E-state index contributed by atoms with van der Waals surface area (Å²) < 4.78 is 5.44. The predicted molar refractivity (Wildman–Crippen MR) is 83.8 cm³/mol. The summed E-state index contributed by atoms with van der Waals surface area (Å²) in [6, 6.07) is 2.65. The molecule has 116 valence electrons. The Morgan fingerprint density at radius 1 is 1.33 bits per heavy atom. The maximum absolute atomic E-state index is 5.44. The van der Waals surface area contributed by atoms with Gasteiger partial charge in [-0.1, -0.05) is 6.92 Å². The zero-order chi connectivity index (χ0) is 14.5. The number of anilines is 2. The van der Waals surface area contributed by atoms with Gasteiger partial charge >= 0.3 is 0 Å². The highest BCUT2D eigenvalue weighted by Gasteiger charge is 2.29. The van der Waals surface area contributed by atoms with Gasteiger partial charge in [-0.25, -0.2) is 4.98 Å². The van der Waals surface area contributed by atoms with Crippen LogP contribution in [0.5, 0.6) is 0 Å². The van der Waals surface area contributed by atoms with Crippen LogP contribution >= 0.6 is 0 Å². The highest BCUT2D eigenvalue weighted by atomic mass is 16.5. The van der Waals surface area contributed by atoms with Gasteiger partial charge in [0, 0.05) is 45.0 Å². The Kier molecular flexibility index (Phi) is 4.87. The van der Waals surface area contributed by atoms with E-state index >= 15 is 0 Å². The van der Waals surface area contributed by atoms with Gasteiger partial charge in [0.15, 0.2) is 0 Å². The van der Waals surface area contributed by atoms with E-state index in [1.54, 1.807) is 0 Å². The van der Waals surface area contributed by atoms with Crippen molar-refractivity contribution < 1.29 is 4.74 Å². The molecule has 0 aromatic carbocycles. The third-order valence-electron chi connectivity index (χ3n) is 4.22. The summed E-state index contributed by atoms with van der Waals surface area (Å²) in [5, 5.41) is 3.26. The van der Waals surface area contributed by atoms with Gasteiger partial charge in [0.05, 0.1) is 13.2 Å². The lowest BCUT2D eigenvalue weighted by atomic mass is 10.2. The van der Waals surface area contributed by atoms with E-state index in [-0.39, 0.29) is 0 Å². The topological polar surface area (TPSA) is 53.5 Å². The second-order valence-corrected chi connectivity index (χ2v) is 5.70. The van der Waals surface area contributed by atoms with E-state index < -0.39 is 0 Å². The average molecular weight is 291 g/mol. The number of nitrogens with zero attached hydrogens (tertiary/aromatic N) is 4. The molecular formula is C15H25N5O. The van der Waals surface area contributed by atoms with Gasteiger partial charge in [-0.2, -0.15) is 4.98 Å². The number of ether oxygens (including phenoxy) is 1. The first-order valence-electron chi connectivity index (χ1n) is 8.00. The summed E-state index contributed by atoms with van der Waals surface area (Å²) in [6.45, 7) is 9.06. The van der Waals surface area contributed by atoms with E-state index in [4.69, 9.17) is 4.74 Å². The van der Waals surface area contributed by atoms with E-state index in [9.17, 15) is 0 Å². The Bertz CT molecular complexity index is 449. The molecule has 0 aliphatic carbocycles. The van der Waals surface area contributed by atoms with E-state index in [0.717, 1.165) is 64.1 Å². The van der Waals surface area contributed by atoms with Crippen molar-refractivity contribution in [2.45, 2.75) is 25.8 Å². The molecule has 0 spiro atoms. The van der Waals surface area contributed by atoms with Crippen LogP contribution in [0.1, 0.15) is 19.8 Å². The normalized spacial score (nSPS) is 23.5. The Balaban J connectivity index is 1.60. The van der Waals surface area contributed by atoms with Crippen LogP contribution in [-0.2, 0) is 4.74 Å². The Morgan fingerprint density at radius 2 is 2.19 bits per heavy atom. The van der Waals surface area contributed by atoms with Crippen molar-refractivity contribution in [3.63, 3.8) is 0 Å². The molecule has 2 aliphatic heterocycles. The van der Waals surface area contributed by atoms with Crippen molar-refractivity contribution in [1.29, 1.82) is 0 Å². The minimum absolute atomic E-state index is 0.635. The molecule has 1 unspecified atom stereocenters. The van der Waals surface area contributed by atoms with Crippen molar-refractivity contribution in [3.05, 3.63) is 12.3 Å². The van der Waals surface area contributed by atoms with Crippen LogP contribution in [0, 0.1) is 0 Å². The Hall–Kier alpha value is -1.40. The van der Waals surface area contributed by atoms with E-state index in [1.165, 1.54) is 6.42 Å². The smallest absolute Gasteiger partial charge is 0.224 e. The molecular weight excluding hydrogens is 266 g/mol. The molecule has 0 bridgehead atoms. The number of hydrogen-bond acceptors (Lipinski definition) is 6. The molecule has 2 aliphatic rings. The molecule has 6 heteroatoms. The van der Waals surface area contributed by atoms with Crippen molar-refractivity contribution in [2.24, 2.45) is 0 Å². The highest BCUT2D eigenvalue weighted by Crippen LogP contribution is 2.22. The van der Waals surface area contributed by atoms with E-state index in [2.05, 4.69) is 32.0 Å². The second kappa shape index (κ2) is 7.04. The minimum Gasteiger partial charge on any atom is -0.379 e. The first-order chi connectivity index (χ1) is 10.4. The number of hydrogen-bond donors (Lipinski definition) is 1.